The summed E-state index contributed by atoms with van der Waals surface area (Å²) in [4.78, 5) is 30.1. The van der Waals surface area contributed by atoms with Crippen LogP contribution in [0.1, 0.15) is 55.2 Å². The Morgan fingerprint density at radius 1 is 1.27 bits per heavy atom. The smallest absolute Gasteiger partial charge is 0.343 e. The van der Waals surface area contributed by atoms with Gasteiger partial charge in [0.2, 0.25) is 5.91 Å². The molecular weight excluding hydrogens is 592 g/mol. The van der Waals surface area contributed by atoms with Crippen LogP contribution in [0.4, 0.5) is 5.69 Å². The first kappa shape index (κ1) is 33.0. The van der Waals surface area contributed by atoms with E-state index in [1.807, 2.05) is 6.07 Å². The minimum absolute atomic E-state index is 0.0995. The number of carbonyl (C=O) groups is 2. The number of anilines is 1. The van der Waals surface area contributed by atoms with Crippen LogP contribution < -0.4 is 9.64 Å². The number of fused-ring (bicyclic) bond motifs is 3. The fourth-order valence-electron chi connectivity index (χ4n) is 7.32. The number of rotatable bonds is 11. The molecule has 2 unspecified atom stereocenters. The maximum atomic E-state index is 13.2. The Balaban J connectivity index is 1.55. The standard InChI is InChI=1S/C36H45ClN2O6/c1-5-7-17-38(3)33(41)20-36(43,34(42)44-4)26-11-15-32-30(19-26)39(21-25-10-13-28(25)31(40)6-2)22-35(23-45-32)16-8-9-24-18-27(37)12-14-29(24)35/h5-6,11-12,14-15,18-19,25,28,31,40,43H,1-2,7-10,13,16-17,20-23H2,3-4H3/t25-,28+,31-,35?,36?/m0/s1. The normalized spacial score (nSPS) is 24.1. The lowest BCUT2D eigenvalue weighted by Crippen LogP contribution is -2.49. The van der Waals surface area contributed by atoms with Gasteiger partial charge in [0, 0.05) is 37.1 Å². The van der Waals surface area contributed by atoms with Gasteiger partial charge in [-0.05, 0) is 91.3 Å². The number of hydrogen-bond acceptors (Lipinski definition) is 7. The van der Waals surface area contributed by atoms with E-state index in [0.29, 0.717) is 43.4 Å². The third kappa shape index (κ3) is 6.51. The summed E-state index contributed by atoms with van der Waals surface area (Å²) < 4.78 is 11.6. The molecule has 0 radical (unpaired) electrons. The third-order valence-corrected chi connectivity index (χ3v) is 10.4. The number of carbonyl (C=O) groups excluding carboxylic acids is 2. The molecule has 0 bridgehead atoms. The zero-order valence-corrected chi connectivity index (χ0v) is 27.1. The highest BCUT2D eigenvalue weighted by atomic mass is 35.5. The largest absolute Gasteiger partial charge is 0.490 e. The molecule has 9 heteroatoms. The lowest BCUT2D eigenvalue weighted by molar-refractivity contribution is -0.168. The van der Waals surface area contributed by atoms with Gasteiger partial charge in [-0.3, -0.25) is 4.79 Å². The van der Waals surface area contributed by atoms with Crippen molar-refractivity contribution in [1.29, 1.82) is 0 Å². The number of esters is 1. The molecule has 2 aromatic carbocycles. The molecule has 5 atom stereocenters. The summed E-state index contributed by atoms with van der Waals surface area (Å²) in [5.41, 5.74) is 0.939. The SMILES string of the molecule is C=CCCN(C)C(=O)CC(O)(C(=O)OC)c1ccc2c(c1)N(C[C@@H]1CC[C@H]1[C@@H](O)C=C)CC1(CCCc3cc(Cl)ccc31)CO2. The molecule has 3 aliphatic rings. The molecule has 5 rings (SSSR count). The predicted molar refractivity (Wildman–Crippen MR) is 176 cm³/mol. The molecule has 45 heavy (non-hydrogen) atoms. The molecule has 1 aliphatic heterocycles. The average Bonchev–Trinajstić information content (AvgIpc) is 3.17. The van der Waals surface area contributed by atoms with Gasteiger partial charge >= 0.3 is 5.97 Å². The third-order valence-electron chi connectivity index (χ3n) is 10.2. The number of hydrogen-bond donors (Lipinski definition) is 2. The topological polar surface area (TPSA) is 99.5 Å². The molecule has 1 amide bonds. The van der Waals surface area contributed by atoms with Crippen molar-refractivity contribution < 1.29 is 29.3 Å². The second kappa shape index (κ2) is 13.6. The van der Waals surface area contributed by atoms with Crippen molar-refractivity contribution >= 4 is 29.2 Å². The monoisotopic (exact) mass is 636 g/mol. The van der Waals surface area contributed by atoms with E-state index in [0.717, 1.165) is 37.8 Å². The van der Waals surface area contributed by atoms with Crippen LogP contribution in [-0.2, 0) is 31.8 Å². The zero-order valence-electron chi connectivity index (χ0n) is 26.3. The van der Waals surface area contributed by atoms with Crippen molar-refractivity contribution in [3.8, 4) is 5.75 Å². The van der Waals surface area contributed by atoms with Gasteiger partial charge in [0.15, 0.2) is 5.60 Å². The minimum Gasteiger partial charge on any atom is -0.490 e. The Morgan fingerprint density at radius 3 is 2.76 bits per heavy atom. The predicted octanol–water partition coefficient (Wildman–Crippen LogP) is 5.17. The molecule has 0 aromatic heterocycles. The van der Waals surface area contributed by atoms with Gasteiger partial charge in [-0.2, -0.15) is 0 Å². The van der Waals surface area contributed by atoms with Crippen LogP contribution in [0.2, 0.25) is 5.02 Å². The summed E-state index contributed by atoms with van der Waals surface area (Å²) in [6.45, 7) is 9.69. The highest BCUT2D eigenvalue weighted by molar-refractivity contribution is 6.30. The van der Waals surface area contributed by atoms with E-state index in [1.165, 1.54) is 23.1 Å². The first-order chi connectivity index (χ1) is 21.5. The van der Waals surface area contributed by atoms with Crippen LogP contribution in [0.3, 0.4) is 0 Å². The zero-order chi connectivity index (χ0) is 32.4. The number of nitrogens with zero attached hydrogens (tertiary/aromatic N) is 2. The lowest BCUT2D eigenvalue weighted by Gasteiger charge is -2.45. The number of ether oxygens (including phenoxy) is 2. The summed E-state index contributed by atoms with van der Waals surface area (Å²) in [5, 5.41) is 23.2. The van der Waals surface area contributed by atoms with Gasteiger partial charge in [0.1, 0.15) is 5.75 Å². The van der Waals surface area contributed by atoms with Crippen LogP contribution in [0.15, 0.2) is 61.7 Å². The van der Waals surface area contributed by atoms with Crippen LogP contribution in [-0.4, -0.2) is 73.5 Å². The van der Waals surface area contributed by atoms with E-state index in [-0.39, 0.29) is 28.7 Å². The van der Waals surface area contributed by atoms with E-state index in [9.17, 15) is 19.8 Å². The molecule has 2 N–H and O–H groups in total. The molecule has 1 spiro atoms. The van der Waals surface area contributed by atoms with Crippen molar-refractivity contribution in [2.24, 2.45) is 11.8 Å². The van der Waals surface area contributed by atoms with Crippen molar-refractivity contribution in [1.82, 2.24) is 4.90 Å². The van der Waals surface area contributed by atoms with Gasteiger partial charge in [-0.25, -0.2) is 4.79 Å². The van der Waals surface area contributed by atoms with Crippen LogP contribution in [0.25, 0.3) is 0 Å². The Kier molecular flexibility index (Phi) is 9.97. The molecule has 2 aliphatic carbocycles. The second-order valence-corrected chi connectivity index (χ2v) is 13.4. The summed E-state index contributed by atoms with van der Waals surface area (Å²) in [6, 6.07) is 11.3. The number of benzene rings is 2. The number of aliphatic hydroxyl groups excluding tert-OH is 1. The van der Waals surface area contributed by atoms with E-state index >= 15 is 0 Å². The van der Waals surface area contributed by atoms with E-state index < -0.39 is 24.1 Å². The summed E-state index contributed by atoms with van der Waals surface area (Å²) in [6.07, 6.45) is 7.62. The summed E-state index contributed by atoms with van der Waals surface area (Å²) in [5.74, 6) is -0.338. The number of methoxy groups -OCH3 is 1. The first-order valence-corrected chi connectivity index (χ1v) is 16.2. The molecule has 1 saturated carbocycles. The van der Waals surface area contributed by atoms with Gasteiger partial charge in [-0.1, -0.05) is 35.9 Å². The Hall–Kier alpha value is -3.33. The molecule has 2 aromatic rings. The van der Waals surface area contributed by atoms with Crippen molar-refractivity contribution in [3.63, 3.8) is 0 Å². The Bertz CT molecular complexity index is 1450. The lowest BCUT2D eigenvalue weighted by atomic mass is 9.68. The Labute approximate surface area is 271 Å². The minimum atomic E-state index is -2.20. The van der Waals surface area contributed by atoms with Crippen LogP contribution in [0, 0.1) is 11.8 Å². The number of amides is 1. The van der Waals surface area contributed by atoms with Crippen LogP contribution >= 0.6 is 11.6 Å². The Morgan fingerprint density at radius 2 is 2.07 bits per heavy atom. The highest BCUT2D eigenvalue weighted by Crippen LogP contribution is 2.47. The van der Waals surface area contributed by atoms with Gasteiger partial charge < -0.3 is 29.5 Å². The highest BCUT2D eigenvalue weighted by Gasteiger charge is 2.46. The van der Waals surface area contributed by atoms with Gasteiger partial charge in [0.05, 0.1) is 31.9 Å². The summed E-state index contributed by atoms with van der Waals surface area (Å²) >= 11 is 6.40. The summed E-state index contributed by atoms with van der Waals surface area (Å²) in [7, 11) is 2.84. The molecular formula is C36H45ClN2O6. The van der Waals surface area contributed by atoms with E-state index in [1.54, 1.807) is 37.4 Å². The number of halogens is 1. The van der Waals surface area contributed by atoms with Crippen molar-refractivity contribution in [2.45, 2.75) is 62.1 Å². The van der Waals surface area contributed by atoms with E-state index in [2.05, 4.69) is 30.2 Å². The molecule has 1 heterocycles. The average molecular weight is 637 g/mol. The second-order valence-electron chi connectivity index (χ2n) is 12.9. The first-order valence-electron chi connectivity index (χ1n) is 15.8. The van der Waals surface area contributed by atoms with Gasteiger partial charge in [-0.15, -0.1) is 13.2 Å². The number of aryl methyl sites for hydroxylation is 1. The number of aliphatic hydroxyl groups is 2. The molecule has 1 fully saturated rings. The van der Waals surface area contributed by atoms with Crippen LogP contribution in [0.5, 0.6) is 5.75 Å². The maximum absolute atomic E-state index is 13.2. The van der Waals surface area contributed by atoms with Gasteiger partial charge in [0.25, 0.3) is 0 Å². The van der Waals surface area contributed by atoms with Crippen molar-refractivity contribution in [2.75, 3.05) is 45.3 Å². The fourth-order valence-corrected chi connectivity index (χ4v) is 7.52. The maximum Gasteiger partial charge on any atom is 0.343 e. The van der Waals surface area contributed by atoms with E-state index in [4.69, 9.17) is 21.1 Å². The molecule has 0 saturated heterocycles. The molecule has 8 nitrogen and oxygen atoms in total. The quantitative estimate of drug-likeness (QED) is 0.259. The fraction of sp³-hybridized carbons (Fsp3) is 0.500. The molecule has 242 valence electrons. The van der Waals surface area contributed by atoms with Crippen molar-refractivity contribution in [3.05, 3.63) is 83.4 Å².